The lowest BCUT2D eigenvalue weighted by atomic mass is 13.3. The van der Waals surface area contributed by atoms with Crippen LogP contribution < -0.4 is 5.14 Å². The molecule has 0 saturated heterocycles. The number of nitrogens with one attached hydrogen (secondary N) is 1. The van der Waals surface area contributed by atoms with Crippen molar-refractivity contribution in [2.24, 2.45) is 9.66 Å². The zero-order valence-corrected chi connectivity index (χ0v) is 2.75. The largest absolute Gasteiger partial charge is 0.256 e. The second-order valence-corrected chi connectivity index (χ2v) is 0.590. The molecule has 0 aromatic carbocycles. The molecule has 0 atom stereocenters. The van der Waals surface area contributed by atoms with Crippen LogP contribution in [0.15, 0.2) is 4.52 Å². The van der Waals surface area contributed by atoms with Crippen LogP contribution in [0.25, 0.3) is 0 Å². The molecule has 0 aliphatic carbocycles. The molecule has 0 saturated carbocycles. The van der Waals surface area contributed by atoms with E-state index in [2.05, 4.69) is 9.66 Å². The molecule has 4 heavy (non-hydrogen) atoms. The first-order valence-electron chi connectivity index (χ1n) is 0.642. The fourth-order valence-electron chi connectivity index (χ4n) is 0. The van der Waals surface area contributed by atoms with Gasteiger partial charge in [-0.3, -0.25) is 5.14 Å². The van der Waals surface area contributed by atoms with Gasteiger partial charge in [-0.1, -0.05) is 0 Å². The molecular formula is H3N3S. The zero-order chi connectivity index (χ0) is 3.41. The van der Waals surface area contributed by atoms with Gasteiger partial charge in [-0.15, -0.1) is 4.52 Å². The smallest absolute Gasteiger partial charge is 0.0789 e. The summed E-state index contributed by atoms with van der Waals surface area (Å²) in [5.74, 6) is 0. The van der Waals surface area contributed by atoms with Crippen LogP contribution in [0.3, 0.4) is 0 Å². The van der Waals surface area contributed by atoms with Crippen molar-refractivity contribution in [2.45, 2.75) is 0 Å². The monoisotopic (exact) mass is 77.0 g/mol. The van der Waals surface area contributed by atoms with E-state index in [0.29, 0.717) is 12.1 Å². The summed E-state index contributed by atoms with van der Waals surface area (Å²) in [6, 6.07) is 0. The molecule has 0 rings (SSSR count). The summed E-state index contributed by atoms with van der Waals surface area (Å²) in [4.78, 5) is 0. The molecule has 24 valence electrons. The maximum Gasteiger partial charge on any atom is 0.0789 e. The Bertz CT molecular complexity index is 17.2. The Morgan fingerprint density at radius 2 is 2.25 bits per heavy atom. The third-order valence-corrected chi connectivity index (χ3v) is 0.158. The summed E-state index contributed by atoms with van der Waals surface area (Å²) >= 11 is 0.648. The molecule has 4 heteroatoms. The van der Waals surface area contributed by atoms with Gasteiger partial charge in [0.15, 0.2) is 0 Å². The van der Waals surface area contributed by atoms with Crippen LogP contribution in [0.5, 0.6) is 0 Å². The summed E-state index contributed by atoms with van der Waals surface area (Å²) in [5, 5.41) is 4.59. The van der Waals surface area contributed by atoms with Crippen molar-refractivity contribution >= 4 is 12.1 Å². The quantitative estimate of drug-likeness (QED) is 0.354. The Morgan fingerprint density at radius 3 is 2.25 bits per heavy atom. The van der Waals surface area contributed by atoms with Gasteiger partial charge >= 0.3 is 0 Å². The van der Waals surface area contributed by atoms with Crippen molar-refractivity contribution in [2.75, 3.05) is 0 Å². The molecule has 0 spiro atoms. The van der Waals surface area contributed by atoms with Crippen molar-refractivity contribution in [3.05, 3.63) is 0 Å². The first kappa shape index (κ1) is 3.91. The Kier molecular flexibility index (Phi) is 2.84. The Balaban J connectivity index is 2.30. The maximum absolute atomic E-state index is 5.91. The second kappa shape index (κ2) is 2.91. The molecule has 0 aliphatic heterocycles. The molecule has 0 heterocycles. The van der Waals surface area contributed by atoms with Crippen molar-refractivity contribution in [3.63, 3.8) is 0 Å². The van der Waals surface area contributed by atoms with Gasteiger partial charge in [0.05, 0.1) is 12.1 Å². The first-order chi connectivity index (χ1) is 1.91. The summed E-state index contributed by atoms with van der Waals surface area (Å²) in [6.45, 7) is 0. The van der Waals surface area contributed by atoms with Crippen molar-refractivity contribution in [1.82, 2.24) is 0 Å². The molecular weight excluding hydrogens is 74.1 g/mol. The lowest BCUT2D eigenvalue weighted by molar-refractivity contribution is 1.25. The van der Waals surface area contributed by atoms with E-state index in [4.69, 9.17) is 5.53 Å². The molecule has 0 aromatic rings. The number of nitrogens with two attached hydrogens (primary N) is 1. The predicted octanol–water partition coefficient (Wildman–Crippen LogP) is 0.539. The Morgan fingerprint density at radius 1 is 2.00 bits per heavy atom. The minimum atomic E-state index is 0.648. The summed E-state index contributed by atoms with van der Waals surface area (Å²) < 4.78 is 2.68. The fraction of sp³-hybridized carbons (Fsp3) is 0. The van der Waals surface area contributed by atoms with Crippen molar-refractivity contribution in [3.8, 4) is 0 Å². The van der Waals surface area contributed by atoms with E-state index in [1.807, 2.05) is 0 Å². The van der Waals surface area contributed by atoms with E-state index in [0.717, 1.165) is 0 Å². The highest BCUT2D eigenvalue weighted by Crippen LogP contribution is 1.78. The fourth-order valence-corrected chi connectivity index (χ4v) is 0. The highest BCUT2D eigenvalue weighted by Gasteiger charge is 1.46. The van der Waals surface area contributed by atoms with Crippen LogP contribution in [-0.2, 0) is 0 Å². The van der Waals surface area contributed by atoms with Gasteiger partial charge in [0.1, 0.15) is 0 Å². The van der Waals surface area contributed by atoms with Gasteiger partial charge < -0.3 is 0 Å². The average Bonchev–Trinajstić information content (AvgIpc) is 1.37. The minimum absolute atomic E-state index is 0.648. The summed E-state index contributed by atoms with van der Waals surface area (Å²) in [6.07, 6.45) is 0. The topological polar surface area (TPSA) is 62.2 Å². The highest BCUT2D eigenvalue weighted by atomic mass is 32.2. The van der Waals surface area contributed by atoms with Gasteiger partial charge in [0.25, 0.3) is 0 Å². The van der Waals surface area contributed by atoms with Gasteiger partial charge in [-0.05, 0) is 0 Å². The van der Waals surface area contributed by atoms with Gasteiger partial charge in [-0.25, -0.2) is 0 Å². The summed E-state index contributed by atoms with van der Waals surface area (Å²) in [7, 11) is 0. The average molecular weight is 77.1 g/mol. The molecule has 0 aromatic heterocycles. The Hall–Kier alpha value is -0.0900. The molecule has 0 amide bonds. The van der Waals surface area contributed by atoms with E-state index in [1.165, 1.54) is 0 Å². The van der Waals surface area contributed by atoms with Crippen LogP contribution >= 0.6 is 12.1 Å². The number of hydrogen-bond acceptors (Lipinski definition) is 4. The minimum Gasteiger partial charge on any atom is -0.256 e. The van der Waals surface area contributed by atoms with E-state index >= 15 is 0 Å². The third kappa shape index (κ3) is 1.91. The SMILES string of the molecule is N=NSN. The predicted molar refractivity (Wildman–Crippen MR) is 16.9 cm³/mol. The molecule has 0 unspecified atom stereocenters. The van der Waals surface area contributed by atoms with Crippen molar-refractivity contribution in [1.29, 1.82) is 5.53 Å². The highest BCUT2D eigenvalue weighted by molar-refractivity contribution is 7.95. The molecule has 0 radical (unpaired) electrons. The molecule has 0 fully saturated rings. The van der Waals surface area contributed by atoms with Gasteiger partial charge in [0.2, 0.25) is 0 Å². The molecule has 0 aliphatic rings. The summed E-state index contributed by atoms with van der Waals surface area (Å²) in [5.41, 5.74) is 5.91. The zero-order valence-electron chi connectivity index (χ0n) is 1.93. The normalized spacial score (nSPS) is 6.25. The van der Waals surface area contributed by atoms with Gasteiger partial charge in [-0.2, -0.15) is 5.53 Å². The Labute approximate surface area is 28.3 Å². The molecule has 0 bridgehead atoms. The van der Waals surface area contributed by atoms with Crippen LogP contribution in [0, 0.1) is 5.53 Å². The maximum atomic E-state index is 5.91. The second-order valence-electron chi connectivity index (χ2n) is 0.197. The van der Waals surface area contributed by atoms with E-state index < -0.39 is 0 Å². The molecule has 3 N–H and O–H groups in total. The van der Waals surface area contributed by atoms with E-state index in [9.17, 15) is 0 Å². The standard InChI is InChI=1S/H3N3S/c1-3-4-2/h1H,2H2. The lowest BCUT2D eigenvalue weighted by Crippen LogP contribution is -1.63. The van der Waals surface area contributed by atoms with Gasteiger partial charge in [0, 0.05) is 0 Å². The van der Waals surface area contributed by atoms with Crippen LogP contribution in [0.4, 0.5) is 0 Å². The first-order valence-corrected chi connectivity index (χ1v) is 1.48. The number of rotatable bonds is 1. The lowest BCUT2D eigenvalue weighted by Gasteiger charge is -1.58. The van der Waals surface area contributed by atoms with Crippen LogP contribution in [0.1, 0.15) is 0 Å². The van der Waals surface area contributed by atoms with Crippen LogP contribution in [0.2, 0.25) is 0 Å². The molecule has 3 nitrogen and oxygen atoms in total. The van der Waals surface area contributed by atoms with E-state index in [1.54, 1.807) is 0 Å². The number of hydrogen-bond donors (Lipinski definition) is 2. The third-order valence-electron chi connectivity index (χ3n) is 0.0527. The van der Waals surface area contributed by atoms with Crippen LogP contribution in [-0.4, -0.2) is 0 Å². The van der Waals surface area contributed by atoms with E-state index in [-0.39, 0.29) is 0 Å². The van der Waals surface area contributed by atoms with Crippen molar-refractivity contribution < 1.29 is 0 Å². The number of nitrogens with zero attached hydrogens (tertiary/aromatic N) is 1.